The summed E-state index contributed by atoms with van der Waals surface area (Å²) in [4.78, 5) is 19.7. The van der Waals surface area contributed by atoms with Crippen molar-refractivity contribution in [3.8, 4) is 6.07 Å². The fraction of sp³-hybridized carbons (Fsp3) is 0.118. The molecule has 3 rings (SSSR count). The lowest BCUT2D eigenvalue weighted by Crippen LogP contribution is -2.09. The Balaban J connectivity index is 1.81. The summed E-state index contributed by atoms with van der Waals surface area (Å²) in [6, 6.07) is 11.0. The number of aliphatic hydroxyl groups excluding tert-OH is 1. The van der Waals surface area contributed by atoms with E-state index < -0.39 is 12.6 Å². The molecule has 0 saturated heterocycles. The highest BCUT2D eigenvalue weighted by molar-refractivity contribution is 7.12. The van der Waals surface area contributed by atoms with E-state index in [4.69, 9.17) is 4.74 Å². The van der Waals surface area contributed by atoms with Crippen molar-refractivity contribution in [3.63, 3.8) is 0 Å². The van der Waals surface area contributed by atoms with E-state index in [-0.39, 0.29) is 17.2 Å². The predicted octanol–water partition coefficient (Wildman–Crippen LogP) is 3.58. The first-order chi connectivity index (χ1) is 11.6. The maximum Gasteiger partial charge on any atom is 0.349 e. The molecule has 0 unspecified atom stereocenters. The number of aliphatic hydroxyl groups is 1. The van der Waals surface area contributed by atoms with Gasteiger partial charge in [0.1, 0.15) is 23.1 Å². The van der Waals surface area contributed by atoms with Gasteiger partial charge in [-0.25, -0.2) is 9.78 Å². The van der Waals surface area contributed by atoms with E-state index in [2.05, 4.69) is 9.97 Å². The number of fused-ring (bicyclic) bond motifs is 1. The zero-order valence-corrected chi connectivity index (χ0v) is 13.6. The lowest BCUT2D eigenvalue weighted by molar-refractivity contribution is 0.0507. The second-order valence-corrected chi connectivity index (χ2v) is 5.96. The predicted molar refractivity (Wildman–Crippen MR) is 90.6 cm³/mol. The number of esters is 1. The molecule has 7 heteroatoms. The SMILES string of the molecule is Cc1ccsc1C(=O)OCC(O)=C(C#N)c1nc2ccccc2[nH]1. The Labute approximate surface area is 141 Å². The standard InChI is InChI=1S/C17H13N3O3S/c1-10-6-7-24-15(10)17(22)23-9-14(21)11(8-18)16-19-12-4-2-3-5-13(12)20-16/h2-7,21H,9H2,1H3,(H,19,20). The minimum Gasteiger partial charge on any atom is -0.507 e. The molecular formula is C17H13N3O3S. The fourth-order valence-corrected chi connectivity index (χ4v) is 3.00. The number of H-pyrrole nitrogens is 1. The number of aromatic amines is 1. The molecule has 0 amide bonds. The molecule has 6 nitrogen and oxygen atoms in total. The molecule has 0 radical (unpaired) electrons. The van der Waals surface area contributed by atoms with E-state index in [0.717, 1.165) is 11.1 Å². The quantitative estimate of drug-likeness (QED) is 0.430. The lowest BCUT2D eigenvalue weighted by Gasteiger charge is -2.05. The highest BCUT2D eigenvalue weighted by atomic mass is 32.1. The van der Waals surface area contributed by atoms with E-state index in [1.807, 2.05) is 30.3 Å². The van der Waals surface area contributed by atoms with Gasteiger partial charge in [0.2, 0.25) is 0 Å². The Morgan fingerprint density at radius 1 is 1.42 bits per heavy atom. The molecule has 0 aliphatic carbocycles. The first-order valence-corrected chi connectivity index (χ1v) is 7.96. The number of ether oxygens (including phenoxy) is 1. The Kier molecular flexibility index (Phi) is 4.31. The highest BCUT2D eigenvalue weighted by Gasteiger charge is 2.17. The minimum absolute atomic E-state index is 0.0538. The van der Waals surface area contributed by atoms with Crippen LogP contribution in [0.1, 0.15) is 21.1 Å². The van der Waals surface area contributed by atoms with Crippen molar-refractivity contribution < 1.29 is 14.6 Å². The van der Waals surface area contributed by atoms with Crippen molar-refractivity contribution >= 4 is 33.9 Å². The number of hydrogen-bond acceptors (Lipinski definition) is 6. The van der Waals surface area contributed by atoms with E-state index in [9.17, 15) is 15.2 Å². The van der Waals surface area contributed by atoms with Crippen molar-refractivity contribution in [1.82, 2.24) is 9.97 Å². The Morgan fingerprint density at radius 2 is 2.21 bits per heavy atom. The van der Waals surface area contributed by atoms with Gasteiger partial charge in [0, 0.05) is 0 Å². The first-order valence-electron chi connectivity index (χ1n) is 7.08. The molecule has 2 N–H and O–H groups in total. The number of carbonyl (C=O) groups excluding carboxylic acids is 1. The molecule has 2 heterocycles. The van der Waals surface area contributed by atoms with Crippen LogP contribution in [0.4, 0.5) is 0 Å². The molecular weight excluding hydrogens is 326 g/mol. The average Bonchev–Trinajstić information content (AvgIpc) is 3.19. The van der Waals surface area contributed by atoms with Gasteiger partial charge in [-0.05, 0) is 36.1 Å². The van der Waals surface area contributed by atoms with Gasteiger partial charge in [-0.2, -0.15) is 5.26 Å². The van der Waals surface area contributed by atoms with Crippen LogP contribution >= 0.6 is 11.3 Å². The number of imidazole rings is 1. The molecule has 0 fully saturated rings. The third kappa shape index (κ3) is 3.00. The highest BCUT2D eigenvalue weighted by Crippen LogP contribution is 2.20. The number of aryl methyl sites for hydroxylation is 1. The number of para-hydroxylation sites is 2. The molecule has 0 aliphatic rings. The second-order valence-electron chi connectivity index (χ2n) is 5.04. The van der Waals surface area contributed by atoms with E-state index in [1.54, 1.807) is 18.4 Å². The topological polar surface area (TPSA) is 99.0 Å². The monoisotopic (exact) mass is 339 g/mol. The van der Waals surface area contributed by atoms with Crippen molar-refractivity contribution in [2.45, 2.75) is 6.92 Å². The van der Waals surface area contributed by atoms with Gasteiger partial charge in [-0.15, -0.1) is 11.3 Å². The second kappa shape index (κ2) is 6.56. The Hall–Kier alpha value is -3.11. The molecule has 0 atom stereocenters. The van der Waals surface area contributed by atoms with Crippen LogP contribution in [0.2, 0.25) is 0 Å². The molecule has 0 saturated carbocycles. The summed E-state index contributed by atoms with van der Waals surface area (Å²) >= 11 is 1.27. The van der Waals surface area contributed by atoms with Crippen LogP contribution in [0.5, 0.6) is 0 Å². The molecule has 120 valence electrons. The van der Waals surface area contributed by atoms with Crippen LogP contribution in [0, 0.1) is 18.3 Å². The summed E-state index contributed by atoms with van der Waals surface area (Å²) in [7, 11) is 0. The lowest BCUT2D eigenvalue weighted by atomic mass is 10.2. The van der Waals surface area contributed by atoms with Crippen LogP contribution in [0.3, 0.4) is 0 Å². The summed E-state index contributed by atoms with van der Waals surface area (Å²) in [6.45, 7) is 1.41. The van der Waals surface area contributed by atoms with Crippen LogP contribution in [-0.4, -0.2) is 27.7 Å². The van der Waals surface area contributed by atoms with Gasteiger partial charge in [0.15, 0.2) is 11.6 Å². The molecule has 0 bridgehead atoms. The van der Waals surface area contributed by atoms with Gasteiger partial charge in [0.25, 0.3) is 0 Å². The smallest absolute Gasteiger partial charge is 0.349 e. The third-order valence-electron chi connectivity index (χ3n) is 3.41. The Bertz CT molecular complexity index is 945. The first kappa shape index (κ1) is 15.8. The van der Waals surface area contributed by atoms with Crippen molar-refractivity contribution in [3.05, 3.63) is 57.7 Å². The van der Waals surface area contributed by atoms with Crippen LogP contribution in [0.15, 0.2) is 41.5 Å². The van der Waals surface area contributed by atoms with Crippen molar-refractivity contribution in [1.29, 1.82) is 5.26 Å². The van der Waals surface area contributed by atoms with Crippen LogP contribution < -0.4 is 0 Å². The van der Waals surface area contributed by atoms with Gasteiger partial charge >= 0.3 is 5.97 Å². The van der Waals surface area contributed by atoms with Gasteiger partial charge in [0.05, 0.1) is 11.0 Å². The number of nitrogens with zero attached hydrogens (tertiary/aromatic N) is 2. The summed E-state index contributed by atoms with van der Waals surface area (Å²) in [5.74, 6) is -0.644. The number of rotatable bonds is 4. The Morgan fingerprint density at radius 3 is 2.88 bits per heavy atom. The number of nitrogens with one attached hydrogen (secondary N) is 1. The zero-order valence-electron chi connectivity index (χ0n) is 12.7. The van der Waals surface area contributed by atoms with Crippen molar-refractivity contribution in [2.75, 3.05) is 6.61 Å². The number of carbonyl (C=O) groups is 1. The number of allylic oxidation sites excluding steroid dienone is 1. The molecule has 24 heavy (non-hydrogen) atoms. The third-order valence-corrected chi connectivity index (χ3v) is 4.41. The summed E-state index contributed by atoms with van der Waals surface area (Å²) in [6.07, 6.45) is 0. The van der Waals surface area contributed by atoms with Crippen LogP contribution in [0.25, 0.3) is 16.6 Å². The molecule has 0 spiro atoms. The number of thiophene rings is 1. The molecule has 0 aliphatic heterocycles. The summed E-state index contributed by atoms with van der Waals surface area (Å²) < 4.78 is 5.08. The minimum atomic E-state index is -0.532. The van der Waals surface area contributed by atoms with Gasteiger partial charge in [-0.1, -0.05) is 12.1 Å². The number of benzene rings is 1. The van der Waals surface area contributed by atoms with Crippen molar-refractivity contribution in [2.24, 2.45) is 0 Å². The molecule has 1 aromatic carbocycles. The number of aromatic nitrogens is 2. The maximum absolute atomic E-state index is 12.0. The van der Waals surface area contributed by atoms with E-state index >= 15 is 0 Å². The molecule has 3 aromatic rings. The van der Waals surface area contributed by atoms with E-state index in [1.165, 1.54) is 11.3 Å². The fourth-order valence-electron chi connectivity index (χ4n) is 2.18. The average molecular weight is 339 g/mol. The molecule has 2 aromatic heterocycles. The number of nitriles is 1. The van der Waals surface area contributed by atoms with Gasteiger partial charge in [-0.3, -0.25) is 0 Å². The number of hydrogen-bond donors (Lipinski definition) is 2. The van der Waals surface area contributed by atoms with E-state index in [0.29, 0.717) is 10.4 Å². The normalized spacial score (nSPS) is 11.8. The summed E-state index contributed by atoms with van der Waals surface area (Å²) in [5, 5.41) is 21.2. The maximum atomic E-state index is 12.0. The zero-order chi connectivity index (χ0) is 17.1. The largest absolute Gasteiger partial charge is 0.507 e. The van der Waals surface area contributed by atoms with Gasteiger partial charge < -0.3 is 14.8 Å². The van der Waals surface area contributed by atoms with Crippen LogP contribution in [-0.2, 0) is 4.74 Å². The summed E-state index contributed by atoms with van der Waals surface area (Å²) in [5.41, 5.74) is 2.19.